The number of nitrogens with one attached hydrogen (secondary N) is 1. The molecule has 3 aromatic rings. The van der Waals surface area contributed by atoms with E-state index < -0.39 is 0 Å². The summed E-state index contributed by atoms with van der Waals surface area (Å²) >= 11 is 0. The van der Waals surface area contributed by atoms with Crippen molar-refractivity contribution in [2.24, 2.45) is 4.99 Å². The number of carbonyl (C=O) groups excluding carboxylic acids is 2. The smallest absolute Gasteiger partial charge is 0.244 e. The quantitative estimate of drug-likeness (QED) is 0.643. The molecule has 1 aliphatic rings. The first-order chi connectivity index (χ1) is 15.2. The summed E-state index contributed by atoms with van der Waals surface area (Å²) in [5.74, 6) is 0.106. The van der Waals surface area contributed by atoms with Crippen LogP contribution in [0.2, 0.25) is 0 Å². The Morgan fingerprint density at radius 1 is 1.00 bits per heavy atom. The maximum Gasteiger partial charge on any atom is 0.244 e. The molecule has 0 radical (unpaired) electrons. The monoisotopic (exact) mass is 413 g/mol. The second kappa shape index (κ2) is 9.26. The van der Waals surface area contributed by atoms with Gasteiger partial charge in [0.25, 0.3) is 0 Å². The molecule has 1 aliphatic heterocycles. The van der Waals surface area contributed by atoms with Gasteiger partial charge in [0.15, 0.2) is 0 Å². The number of benzene rings is 3. The third-order valence-electron chi connectivity index (χ3n) is 4.92. The highest BCUT2D eigenvalue weighted by Gasteiger charge is 2.26. The average Bonchev–Trinajstić information content (AvgIpc) is 2.92. The Bertz CT molecular complexity index is 1130. The first-order valence-corrected chi connectivity index (χ1v) is 10.2. The number of fused-ring (bicyclic) bond motifs is 1. The molecule has 0 fully saturated rings. The van der Waals surface area contributed by atoms with Crippen LogP contribution in [0, 0.1) is 0 Å². The van der Waals surface area contributed by atoms with E-state index in [1.54, 1.807) is 12.1 Å². The molecule has 0 aliphatic carbocycles. The Labute approximate surface area is 181 Å². The molecule has 0 aromatic heterocycles. The molecule has 0 bridgehead atoms. The predicted octanol–water partition coefficient (Wildman–Crippen LogP) is 4.58. The van der Waals surface area contributed by atoms with Gasteiger partial charge in [-0.3, -0.25) is 14.6 Å². The predicted molar refractivity (Wildman–Crippen MR) is 122 cm³/mol. The van der Waals surface area contributed by atoms with Crippen molar-refractivity contribution in [1.29, 1.82) is 0 Å². The number of hydrogen-bond acceptors (Lipinski definition) is 4. The summed E-state index contributed by atoms with van der Waals surface area (Å²) in [5, 5.41) is 2.86. The Balaban J connectivity index is 1.59. The van der Waals surface area contributed by atoms with E-state index in [-0.39, 0.29) is 24.8 Å². The number of para-hydroxylation sites is 4. The third kappa shape index (κ3) is 4.64. The second-order valence-corrected chi connectivity index (χ2v) is 7.05. The van der Waals surface area contributed by atoms with Crippen LogP contribution in [0.3, 0.4) is 0 Å². The summed E-state index contributed by atoms with van der Waals surface area (Å²) in [5.41, 5.74) is 3.43. The first-order valence-electron chi connectivity index (χ1n) is 10.2. The van der Waals surface area contributed by atoms with E-state index in [1.807, 2.05) is 73.7 Å². The van der Waals surface area contributed by atoms with Crippen LogP contribution in [0.15, 0.2) is 83.9 Å². The molecule has 0 unspecified atom stereocenters. The molecule has 0 spiro atoms. The van der Waals surface area contributed by atoms with Gasteiger partial charge in [-0.25, -0.2) is 0 Å². The zero-order valence-electron chi connectivity index (χ0n) is 17.2. The van der Waals surface area contributed by atoms with Gasteiger partial charge in [-0.15, -0.1) is 0 Å². The van der Waals surface area contributed by atoms with Gasteiger partial charge in [0.1, 0.15) is 12.3 Å². The van der Waals surface area contributed by atoms with E-state index in [0.717, 1.165) is 5.56 Å². The van der Waals surface area contributed by atoms with Crippen molar-refractivity contribution in [1.82, 2.24) is 0 Å². The second-order valence-electron chi connectivity index (χ2n) is 7.05. The van der Waals surface area contributed by atoms with E-state index in [4.69, 9.17) is 9.73 Å². The van der Waals surface area contributed by atoms with Crippen molar-refractivity contribution in [3.05, 3.63) is 84.4 Å². The Morgan fingerprint density at radius 3 is 2.52 bits per heavy atom. The van der Waals surface area contributed by atoms with E-state index in [2.05, 4.69) is 5.32 Å². The van der Waals surface area contributed by atoms with Crippen LogP contribution in [0.5, 0.6) is 5.75 Å². The summed E-state index contributed by atoms with van der Waals surface area (Å²) in [4.78, 5) is 32.3. The number of aliphatic imine (C=N–C) groups is 1. The molecule has 1 heterocycles. The lowest BCUT2D eigenvalue weighted by Gasteiger charge is -2.22. The van der Waals surface area contributed by atoms with Crippen LogP contribution in [-0.4, -0.2) is 30.7 Å². The standard InChI is InChI=1S/C25H23N3O3/c1-2-31-23-15-9-7-13-20(23)27-24(29)17-28-22-14-8-6-12-19(22)26-21(16-25(28)30)18-10-4-3-5-11-18/h3-15H,2,16-17H2,1H3,(H,27,29). The molecule has 0 saturated carbocycles. The molecule has 1 N–H and O–H groups in total. The molecular formula is C25H23N3O3. The highest BCUT2D eigenvalue weighted by molar-refractivity contribution is 6.19. The fourth-order valence-electron chi connectivity index (χ4n) is 3.50. The van der Waals surface area contributed by atoms with Crippen LogP contribution >= 0.6 is 0 Å². The van der Waals surface area contributed by atoms with E-state index in [9.17, 15) is 9.59 Å². The number of amides is 2. The summed E-state index contributed by atoms with van der Waals surface area (Å²) in [7, 11) is 0. The SMILES string of the molecule is CCOc1ccccc1NC(=O)CN1C(=O)CC(c2ccccc2)=Nc2ccccc21. The number of rotatable bonds is 6. The van der Waals surface area contributed by atoms with Gasteiger partial charge in [0.2, 0.25) is 11.8 Å². The molecule has 0 saturated heterocycles. The van der Waals surface area contributed by atoms with Crippen LogP contribution in [0.25, 0.3) is 0 Å². The van der Waals surface area contributed by atoms with Crippen LogP contribution in [0.4, 0.5) is 17.1 Å². The Kier molecular flexibility index (Phi) is 6.08. The highest BCUT2D eigenvalue weighted by Crippen LogP contribution is 2.33. The molecule has 2 amide bonds. The average molecular weight is 413 g/mol. The normalized spacial score (nSPS) is 13.1. The number of nitrogens with zero attached hydrogens (tertiary/aromatic N) is 2. The first kappa shape index (κ1) is 20.3. The summed E-state index contributed by atoms with van der Waals surface area (Å²) < 4.78 is 5.57. The lowest BCUT2D eigenvalue weighted by Crippen LogP contribution is -2.38. The molecule has 156 valence electrons. The van der Waals surface area contributed by atoms with E-state index >= 15 is 0 Å². The fraction of sp³-hybridized carbons (Fsp3) is 0.160. The zero-order chi connectivity index (χ0) is 21.6. The van der Waals surface area contributed by atoms with Crippen LogP contribution in [-0.2, 0) is 9.59 Å². The lowest BCUT2D eigenvalue weighted by atomic mass is 10.1. The van der Waals surface area contributed by atoms with Crippen molar-refractivity contribution in [3.8, 4) is 5.75 Å². The fourth-order valence-corrected chi connectivity index (χ4v) is 3.50. The van der Waals surface area contributed by atoms with Gasteiger partial charge in [0, 0.05) is 0 Å². The van der Waals surface area contributed by atoms with Gasteiger partial charge >= 0.3 is 0 Å². The minimum Gasteiger partial charge on any atom is -0.492 e. The van der Waals surface area contributed by atoms with Crippen LogP contribution < -0.4 is 15.0 Å². The third-order valence-corrected chi connectivity index (χ3v) is 4.92. The molecule has 31 heavy (non-hydrogen) atoms. The molecule has 6 nitrogen and oxygen atoms in total. The highest BCUT2D eigenvalue weighted by atomic mass is 16.5. The van der Waals surface area contributed by atoms with E-state index in [0.29, 0.717) is 35.1 Å². The Morgan fingerprint density at radius 2 is 1.71 bits per heavy atom. The molecule has 6 heteroatoms. The summed E-state index contributed by atoms with van der Waals surface area (Å²) in [6.45, 7) is 2.26. The summed E-state index contributed by atoms with van der Waals surface area (Å²) in [6.07, 6.45) is 0.113. The lowest BCUT2D eigenvalue weighted by molar-refractivity contribution is -0.120. The zero-order valence-corrected chi connectivity index (χ0v) is 17.2. The maximum absolute atomic E-state index is 13.2. The van der Waals surface area contributed by atoms with Crippen molar-refractivity contribution < 1.29 is 14.3 Å². The van der Waals surface area contributed by atoms with Crippen LogP contribution in [0.1, 0.15) is 18.9 Å². The number of hydrogen-bond donors (Lipinski definition) is 1. The number of carbonyl (C=O) groups is 2. The minimum atomic E-state index is -0.307. The Hall–Kier alpha value is -3.93. The van der Waals surface area contributed by atoms with Gasteiger partial charge in [-0.2, -0.15) is 0 Å². The molecular weight excluding hydrogens is 390 g/mol. The maximum atomic E-state index is 13.2. The van der Waals surface area contributed by atoms with Gasteiger partial charge in [-0.1, -0.05) is 54.6 Å². The topological polar surface area (TPSA) is 71.0 Å². The van der Waals surface area contributed by atoms with Crippen molar-refractivity contribution in [3.63, 3.8) is 0 Å². The molecule has 3 aromatic carbocycles. The van der Waals surface area contributed by atoms with Crippen molar-refractivity contribution in [2.45, 2.75) is 13.3 Å². The van der Waals surface area contributed by atoms with Crippen molar-refractivity contribution in [2.75, 3.05) is 23.4 Å². The molecule has 4 rings (SSSR count). The van der Waals surface area contributed by atoms with E-state index in [1.165, 1.54) is 4.90 Å². The van der Waals surface area contributed by atoms with Gasteiger partial charge < -0.3 is 15.0 Å². The number of anilines is 2. The number of ether oxygens (including phenoxy) is 1. The minimum absolute atomic E-state index is 0.113. The van der Waals surface area contributed by atoms with Gasteiger partial charge in [-0.05, 0) is 36.8 Å². The van der Waals surface area contributed by atoms with Gasteiger partial charge in [0.05, 0.1) is 35.8 Å². The molecule has 0 atom stereocenters. The summed E-state index contributed by atoms with van der Waals surface area (Å²) in [6, 6.07) is 24.2. The van der Waals surface area contributed by atoms with Crippen molar-refractivity contribution >= 4 is 34.6 Å². The largest absolute Gasteiger partial charge is 0.492 e.